The highest BCUT2D eigenvalue weighted by Crippen LogP contribution is 2.30. The van der Waals surface area contributed by atoms with Crippen molar-refractivity contribution in [2.24, 2.45) is 0 Å². The molecule has 1 N–H and O–H groups in total. The minimum Gasteiger partial charge on any atom is -0.365 e. The van der Waals surface area contributed by atoms with Crippen molar-refractivity contribution in [1.82, 2.24) is 15.0 Å². The number of alkyl halides is 3. The Balaban J connectivity index is 1.90. The molecular formula is C15H9Cl2F3N4. The molecule has 0 saturated carbocycles. The number of nitrogens with one attached hydrogen (secondary N) is 1. The zero-order valence-corrected chi connectivity index (χ0v) is 13.4. The lowest BCUT2D eigenvalue weighted by atomic mass is 10.1. The number of hydrogen-bond acceptors (Lipinski definition) is 4. The van der Waals surface area contributed by atoms with Crippen molar-refractivity contribution in [3.05, 3.63) is 58.1 Å². The largest absolute Gasteiger partial charge is 0.416 e. The van der Waals surface area contributed by atoms with Gasteiger partial charge in [0.15, 0.2) is 0 Å². The maximum atomic E-state index is 12.8. The molecule has 0 saturated heterocycles. The third kappa shape index (κ3) is 3.68. The second-order valence-corrected chi connectivity index (χ2v) is 5.64. The zero-order chi connectivity index (χ0) is 17.3. The smallest absolute Gasteiger partial charge is 0.365 e. The van der Waals surface area contributed by atoms with Crippen LogP contribution in [0.25, 0.3) is 10.9 Å². The average molecular weight is 373 g/mol. The first-order valence-corrected chi connectivity index (χ1v) is 7.47. The van der Waals surface area contributed by atoms with E-state index in [4.69, 9.17) is 23.2 Å². The van der Waals surface area contributed by atoms with Crippen LogP contribution in [0.4, 0.5) is 19.0 Å². The van der Waals surface area contributed by atoms with E-state index in [9.17, 15) is 13.2 Å². The summed E-state index contributed by atoms with van der Waals surface area (Å²) in [7, 11) is 0. The lowest BCUT2D eigenvalue weighted by molar-refractivity contribution is -0.137. The number of pyridine rings is 1. The Labute approximate surface area is 144 Å². The Hall–Kier alpha value is -2.12. The SMILES string of the molecule is FC(F)(F)c1cccc(CNc2nc(Cl)nc3cnc(Cl)cc23)c1. The van der Waals surface area contributed by atoms with E-state index in [-0.39, 0.29) is 17.0 Å². The van der Waals surface area contributed by atoms with Gasteiger partial charge in [0.1, 0.15) is 11.0 Å². The lowest BCUT2D eigenvalue weighted by Gasteiger charge is -2.11. The summed E-state index contributed by atoms with van der Waals surface area (Å²) in [5.74, 6) is 0.367. The third-order valence-electron chi connectivity index (χ3n) is 3.24. The van der Waals surface area contributed by atoms with Crippen LogP contribution in [0.2, 0.25) is 10.4 Å². The van der Waals surface area contributed by atoms with Gasteiger partial charge in [-0.2, -0.15) is 13.2 Å². The van der Waals surface area contributed by atoms with Crippen LogP contribution in [0.15, 0.2) is 36.5 Å². The number of nitrogens with zero attached hydrogens (tertiary/aromatic N) is 3. The number of anilines is 1. The van der Waals surface area contributed by atoms with Crippen molar-refractivity contribution in [2.75, 3.05) is 5.32 Å². The standard InChI is InChI=1S/C15H9Cl2F3N4/c16-12-5-10-11(7-21-12)23-14(17)24-13(10)22-6-8-2-1-3-9(4-8)15(18,19)20/h1-5,7H,6H2,(H,22,23,24). The summed E-state index contributed by atoms with van der Waals surface area (Å²) in [6, 6.07) is 6.59. The molecule has 124 valence electrons. The molecule has 0 aliphatic rings. The molecule has 4 nitrogen and oxygen atoms in total. The van der Waals surface area contributed by atoms with E-state index in [1.54, 1.807) is 12.1 Å². The van der Waals surface area contributed by atoms with E-state index in [0.29, 0.717) is 22.3 Å². The van der Waals surface area contributed by atoms with Gasteiger partial charge in [-0.3, -0.25) is 0 Å². The summed E-state index contributed by atoms with van der Waals surface area (Å²) < 4.78 is 38.3. The Kier molecular flexibility index (Phi) is 4.47. The molecule has 3 rings (SSSR count). The fourth-order valence-corrected chi connectivity index (χ4v) is 2.49. The zero-order valence-electron chi connectivity index (χ0n) is 11.9. The molecule has 0 aliphatic carbocycles. The summed E-state index contributed by atoms with van der Waals surface area (Å²) in [5.41, 5.74) is 0.221. The van der Waals surface area contributed by atoms with Gasteiger partial charge in [0, 0.05) is 11.9 Å². The minimum absolute atomic E-state index is 0.00170. The Morgan fingerprint density at radius 3 is 2.62 bits per heavy atom. The monoisotopic (exact) mass is 372 g/mol. The van der Waals surface area contributed by atoms with Crippen molar-refractivity contribution in [2.45, 2.75) is 12.7 Å². The Morgan fingerprint density at radius 2 is 1.88 bits per heavy atom. The molecule has 0 unspecified atom stereocenters. The maximum absolute atomic E-state index is 12.8. The molecule has 2 aromatic heterocycles. The van der Waals surface area contributed by atoms with E-state index < -0.39 is 11.7 Å². The maximum Gasteiger partial charge on any atom is 0.416 e. The lowest BCUT2D eigenvalue weighted by Crippen LogP contribution is -2.07. The Morgan fingerprint density at radius 1 is 1.08 bits per heavy atom. The molecule has 1 aromatic carbocycles. The van der Waals surface area contributed by atoms with Crippen LogP contribution in [0.1, 0.15) is 11.1 Å². The molecule has 0 fully saturated rings. The number of rotatable bonds is 3. The van der Waals surface area contributed by atoms with Gasteiger partial charge in [0.2, 0.25) is 5.28 Å². The molecule has 9 heteroatoms. The second kappa shape index (κ2) is 6.41. The normalized spacial score (nSPS) is 11.7. The molecule has 0 atom stereocenters. The molecule has 2 heterocycles. The van der Waals surface area contributed by atoms with E-state index in [1.807, 2.05) is 0 Å². The highest BCUT2D eigenvalue weighted by atomic mass is 35.5. The van der Waals surface area contributed by atoms with E-state index in [2.05, 4.69) is 20.3 Å². The fraction of sp³-hybridized carbons (Fsp3) is 0.133. The van der Waals surface area contributed by atoms with Crippen LogP contribution in [-0.4, -0.2) is 15.0 Å². The summed E-state index contributed by atoms with van der Waals surface area (Å²) in [4.78, 5) is 12.0. The molecule has 3 aromatic rings. The number of benzene rings is 1. The molecule has 0 radical (unpaired) electrons. The van der Waals surface area contributed by atoms with Gasteiger partial charge in [-0.25, -0.2) is 15.0 Å². The highest BCUT2D eigenvalue weighted by Gasteiger charge is 2.30. The first-order chi connectivity index (χ1) is 11.3. The first-order valence-electron chi connectivity index (χ1n) is 6.72. The van der Waals surface area contributed by atoms with Gasteiger partial charge in [-0.1, -0.05) is 23.7 Å². The second-order valence-electron chi connectivity index (χ2n) is 4.92. The summed E-state index contributed by atoms with van der Waals surface area (Å²) in [5, 5.41) is 3.78. The van der Waals surface area contributed by atoms with E-state index in [1.165, 1.54) is 12.3 Å². The van der Waals surface area contributed by atoms with Gasteiger partial charge in [0.05, 0.1) is 17.3 Å². The quantitative estimate of drug-likeness (QED) is 0.521. The molecule has 0 amide bonds. The third-order valence-corrected chi connectivity index (χ3v) is 3.61. The average Bonchev–Trinajstić information content (AvgIpc) is 2.52. The molecular weight excluding hydrogens is 364 g/mol. The highest BCUT2D eigenvalue weighted by molar-refractivity contribution is 6.30. The van der Waals surface area contributed by atoms with Crippen molar-refractivity contribution >= 4 is 39.9 Å². The molecule has 0 aliphatic heterocycles. The number of halogens is 5. The van der Waals surface area contributed by atoms with Crippen LogP contribution in [-0.2, 0) is 12.7 Å². The van der Waals surface area contributed by atoms with Crippen molar-refractivity contribution in [1.29, 1.82) is 0 Å². The van der Waals surface area contributed by atoms with Crippen LogP contribution < -0.4 is 5.32 Å². The predicted molar refractivity (Wildman–Crippen MR) is 86.1 cm³/mol. The molecule has 0 spiro atoms. The Bertz CT molecular complexity index is 900. The van der Waals surface area contributed by atoms with E-state index >= 15 is 0 Å². The fourth-order valence-electron chi connectivity index (χ4n) is 2.16. The molecule has 24 heavy (non-hydrogen) atoms. The molecule has 0 bridgehead atoms. The topological polar surface area (TPSA) is 50.7 Å². The van der Waals surface area contributed by atoms with Gasteiger partial charge < -0.3 is 5.32 Å². The van der Waals surface area contributed by atoms with Crippen LogP contribution in [0.3, 0.4) is 0 Å². The minimum atomic E-state index is -4.39. The van der Waals surface area contributed by atoms with Crippen molar-refractivity contribution in [3.63, 3.8) is 0 Å². The van der Waals surface area contributed by atoms with Gasteiger partial charge in [0.25, 0.3) is 0 Å². The predicted octanol–water partition coefficient (Wildman–Crippen LogP) is 4.96. The van der Waals surface area contributed by atoms with Gasteiger partial charge in [-0.05, 0) is 35.4 Å². The summed E-state index contributed by atoms with van der Waals surface area (Å²) in [6.45, 7) is 0.131. The van der Waals surface area contributed by atoms with Gasteiger partial charge in [-0.15, -0.1) is 0 Å². The van der Waals surface area contributed by atoms with Crippen LogP contribution in [0, 0.1) is 0 Å². The summed E-state index contributed by atoms with van der Waals surface area (Å²) >= 11 is 11.7. The number of fused-ring (bicyclic) bond motifs is 1. The summed E-state index contributed by atoms with van der Waals surface area (Å²) in [6.07, 6.45) is -2.94. The van der Waals surface area contributed by atoms with Crippen LogP contribution in [0.5, 0.6) is 0 Å². The van der Waals surface area contributed by atoms with Crippen LogP contribution >= 0.6 is 23.2 Å². The van der Waals surface area contributed by atoms with Gasteiger partial charge >= 0.3 is 6.18 Å². The first kappa shape index (κ1) is 16.7. The van der Waals surface area contributed by atoms with E-state index in [0.717, 1.165) is 12.1 Å². The van der Waals surface area contributed by atoms with Crippen molar-refractivity contribution < 1.29 is 13.2 Å². The van der Waals surface area contributed by atoms with Crippen molar-refractivity contribution in [3.8, 4) is 0 Å². The number of aromatic nitrogens is 3. The number of hydrogen-bond donors (Lipinski definition) is 1.